The van der Waals surface area contributed by atoms with Gasteiger partial charge in [0, 0.05) is 35.3 Å². The van der Waals surface area contributed by atoms with Crippen LogP contribution in [0.15, 0.2) is 78.9 Å². The lowest BCUT2D eigenvalue weighted by Gasteiger charge is -2.23. The first-order valence-corrected chi connectivity index (χ1v) is 11.2. The monoisotopic (exact) mass is 475 g/mol. The average Bonchev–Trinajstić information content (AvgIpc) is 2.84. The number of esters is 1. The summed E-state index contributed by atoms with van der Waals surface area (Å²) < 4.78 is 4.71. The van der Waals surface area contributed by atoms with E-state index in [1.807, 2.05) is 49.4 Å². The quantitative estimate of drug-likeness (QED) is 0.298. The fourth-order valence-electron chi connectivity index (χ4n) is 3.37. The van der Waals surface area contributed by atoms with Gasteiger partial charge in [0.25, 0.3) is 5.91 Å². The maximum Gasteiger partial charge on any atom is 0.330 e. The third-order valence-electron chi connectivity index (χ3n) is 4.90. The molecule has 0 aromatic heterocycles. The molecule has 3 rings (SSSR count). The van der Waals surface area contributed by atoms with Crippen LogP contribution < -0.4 is 15.5 Å². The van der Waals surface area contributed by atoms with E-state index in [1.54, 1.807) is 36.1 Å². The van der Waals surface area contributed by atoms with Crippen LogP contribution in [-0.4, -0.2) is 36.0 Å². The first-order chi connectivity index (χ1) is 16.4. The number of hydrogen-bond donors (Lipinski definition) is 2. The van der Waals surface area contributed by atoms with Crippen LogP contribution in [0.5, 0.6) is 0 Å². The van der Waals surface area contributed by atoms with Gasteiger partial charge in [0.05, 0.1) is 12.3 Å². The molecule has 0 bridgehead atoms. The number of hydrogen-bond acceptors (Lipinski definition) is 5. The Morgan fingerprint density at radius 2 is 1.65 bits per heavy atom. The smallest absolute Gasteiger partial charge is 0.330 e. The number of anilines is 2. The Labute approximate surface area is 203 Å². The summed E-state index contributed by atoms with van der Waals surface area (Å²) in [5, 5.41) is 7.45. The minimum atomic E-state index is -0.610. The van der Waals surface area contributed by atoms with Gasteiger partial charge >= 0.3 is 5.97 Å². The molecule has 0 spiro atoms. The highest BCUT2D eigenvalue weighted by Gasteiger charge is 2.18. The summed E-state index contributed by atoms with van der Waals surface area (Å²) in [4.78, 5) is 38.1. The molecular weight excluding hydrogens is 450 g/mol. The number of ether oxygens (including phenoxy) is 1. The summed E-state index contributed by atoms with van der Waals surface area (Å²) in [6, 6.07) is 20.7. The summed E-state index contributed by atoms with van der Waals surface area (Å²) in [6.07, 6.45) is 2.07. The van der Waals surface area contributed by atoms with Crippen LogP contribution in [-0.2, 0) is 14.3 Å². The Kier molecular flexibility index (Phi) is 8.48. The molecular formula is C26H25N3O4S. The predicted molar refractivity (Wildman–Crippen MR) is 138 cm³/mol. The first kappa shape index (κ1) is 24.6. The number of carbonyl (C=O) groups excluding carboxylic acids is 3. The van der Waals surface area contributed by atoms with E-state index in [-0.39, 0.29) is 17.6 Å². The number of rotatable bonds is 7. The number of nitrogens with zero attached hydrogens (tertiary/aromatic N) is 1. The van der Waals surface area contributed by atoms with Crippen molar-refractivity contribution in [3.05, 3.63) is 84.4 Å². The second kappa shape index (κ2) is 11.7. The van der Waals surface area contributed by atoms with Gasteiger partial charge in [0.1, 0.15) is 0 Å². The molecule has 0 unspecified atom stereocenters. The minimum Gasteiger partial charge on any atom is -0.463 e. The lowest BCUT2D eigenvalue weighted by molar-refractivity contribution is -0.137. The van der Waals surface area contributed by atoms with E-state index in [9.17, 15) is 14.4 Å². The second-order valence-corrected chi connectivity index (χ2v) is 7.56. The van der Waals surface area contributed by atoms with Crippen LogP contribution in [0.3, 0.4) is 0 Å². The molecule has 0 aliphatic heterocycles. The maximum absolute atomic E-state index is 13.2. The fraction of sp³-hybridized carbons (Fsp3) is 0.154. The summed E-state index contributed by atoms with van der Waals surface area (Å²) >= 11 is 5.13. The highest BCUT2D eigenvalue weighted by molar-refractivity contribution is 7.80. The summed E-state index contributed by atoms with van der Waals surface area (Å²) in [5.41, 5.74) is 1.98. The molecule has 3 aromatic rings. The zero-order chi connectivity index (χ0) is 24.5. The van der Waals surface area contributed by atoms with Crippen molar-refractivity contribution in [2.45, 2.75) is 13.8 Å². The zero-order valence-corrected chi connectivity index (χ0v) is 19.7. The molecule has 0 atom stereocenters. The normalized spacial score (nSPS) is 10.6. The van der Waals surface area contributed by atoms with Crippen molar-refractivity contribution in [2.24, 2.45) is 0 Å². The molecule has 0 fully saturated rings. The Balaban J connectivity index is 1.66. The van der Waals surface area contributed by atoms with Gasteiger partial charge in [0.2, 0.25) is 5.91 Å². The van der Waals surface area contributed by atoms with Crippen molar-refractivity contribution < 1.29 is 19.1 Å². The summed E-state index contributed by atoms with van der Waals surface area (Å²) in [7, 11) is 0. The molecule has 2 N–H and O–H groups in total. The van der Waals surface area contributed by atoms with Gasteiger partial charge in [-0.15, -0.1) is 0 Å². The van der Waals surface area contributed by atoms with E-state index in [4.69, 9.17) is 17.0 Å². The molecule has 8 heteroatoms. The van der Waals surface area contributed by atoms with Gasteiger partial charge in [-0.1, -0.05) is 36.4 Å². The highest BCUT2D eigenvalue weighted by atomic mass is 32.1. The molecule has 0 heterocycles. The molecule has 3 aromatic carbocycles. The van der Waals surface area contributed by atoms with Gasteiger partial charge < -0.3 is 15.0 Å². The standard InChI is InChI=1S/C26H25N3O4S/c1-3-29(22-11-7-9-18-8-5-6-10-21(18)22)25(32)19-12-14-20(15-13-19)27-26(34)28-23(30)16-17-24(31)33-4-2/h5-17H,3-4H2,1-2H3,(H2,27,28,30,34)/b17-16+. The van der Waals surface area contributed by atoms with E-state index in [0.717, 1.165) is 28.6 Å². The number of thiocarbonyl (C=S) groups is 1. The Morgan fingerprint density at radius 1 is 0.941 bits per heavy atom. The van der Waals surface area contributed by atoms with Crippen LogP contribution in [0.1, 0.15) is 24.2 Å². The van der Waals surface area contributed by atoms with Gasteiger partial charge in [-0.3, -0.25) is 14.9 Å². The van der Waals surface area contributed by atoms with E-state index >= 15 is 0 Å². The van der Waals surface area contributed by atoms with Crippen molar-refractivity contribution in [3.63, 3.8) is 0 Å². The van der Waals surface area contributed by atoms with Crippen molar-refractivity contribution >= 4 is 57.3 Å². The van der Waals surface area contributed by atoms with Crippen molar-refractivity contribution in [1.29, 1.82) is 0 Å². The van der Waals surface area contributed by atoms with Crippen molar-refractivity contribution in [3.8, 4) is 0 Å². The summed E-state index contributed by atoms with van der Waals surface area (Å²) in [6.45, 7) is 4.35. The Hall–Kier alpha value is -4.04. The third-order valence-corrected chi connectivity index (χ3v) is 5.11. The molecule has 174 valence electrons. The van der Waals surface area contributed by atoms with E-state index in [0.29, 0.717) is 17.8 Å². The van der Waals surface area contributed by atoms with Crippen LogP contribution in [0, 0.1) is 0 Å². The SMILES string of the molecule is CCOC(=O)/C=C/C(=O)NC(=S)Nc1ccc(C(=O)N(CC)c2cccc3ccccc23)cc1. The highest BCUT2D eigenvalue weighted by Crippen LogP contribution is 2.28. The van der Waals surface area contributed by atoms with Gasteiger partial charge in [-0.05, 0) is 61.8 Å². The topological polar surface area (TPSA) is 87.7 Å². The minimum absolute atomic E-state index is 0.0588. The second-order valence-electron chi connectivity index (χ2n) is 7.15. The Bertz CT molecular complexity index is 1230. The van der Waals surface area contributed by atoms with Gasteiger partial charge in [-0.25, -0.2) is 4.79 Å². The van der Waals surface area contributed by atoms with Gasteiger partial charge in [0.15, 0.2) is 5.11 Å². The molecule has 0 aliphatic rings. The molecule has 0 aliphatic carbocycles. The van der Waals surface area contributed by atoms with E-state index in [1.165, 1.54) is 0 Å². The number of fused-ring (bicyclic) bond motifs is 1. The lowest BCUT2D eigenvalue weighted by Crippen LogP contribution is -2.33. The van der Waals surface area contributed by atoms with Gasteiger partial charge in [-0.2, -0.15) is 0 Å². The lowest BCUT2D eigenvalue weighted by atomic mass is 10.1. The predicted octanol–water partition coefficient (Wildman–Crippen LogP) is 4.44. The van der Waals surface area contributed by atoms with Crippen LogP contribution in [0.2, 0.25) is 0 Å². The molecule has 7 nitrogen and oxygen atoms in total. The first-order valence-electron chi connectivity index (χ1n) is 10.8. The molecule has 0 saturated carbocycles. The third kappa shape index (κ3) is 6.26. The van der Waals surface area contributed by atoms with Crippen LogP contribution in [0.25, 0.3) is 10.8 Å². The number of carbonyl (C=O) groups is 3. The van der Waals surface area contributed by atoms with E-state index < -0.39 is 11.9 Å². The largest absolute Gasteiger partial charge is 0.463 e. The van der Waals surface area contributed by atoms with Crippen LogP contribution >= 0.6 is 12.2 Å². The fourth-order valence-corrected chi connectivity index (χ4v) is 3.59. The van der Waals surface area contributed by atoms with Crippen molar-refractivity contribution in [2.75, 3.05) is 23.4 Å². The Morgan fingerprint density at radius 3 is 2.35 bits per heavy atom. The van der Waals surface area contributed by atoms with Crippen LogP contribution in [0.4, 0.5) is 11.4 Å². The molecule has 34 heavy (non-hydrogen) atoms. The average molecular weight is 476 g/mol. The van der Waals surface area contributed by atoms with Crippen molar-refractivity contribution in [1.82, 2.24) is 5.32 Å². The molecule has 2 amide bonds. The zero-order valence-electron chi connectivity index (χ0n) is 18.9. The molecule has 0 radical (unpaired) electrons. The van der Waals surface area contributed by atoms with E-state index in [2.05, 4.69) is 10.6 Å². The molecule has 0 saturated heterocycles. The number of amides is 2. The number of benzene rings is 3. The maximum atomic E-state index is 13.2. The summed E-state index contributed by atoms with van der Waals surface area (Å²) in [5.74, 6) is -1.29. The number of nitrogens with one attached hydrogen (secondary N) is 2.